The van der Waals surface area contributed by atoms with Crippen LogP contribution < -0.4 is 10.1 Å². The molecule has 0 unspecified atom stereocenters. The molecule has 0 aliphatic rings. The standard InChI is InChI=1S/C16H15BrClNO2/c1-10-3-5-14(13(17)7-10)19-16(20)9-21-15-6-4-12(18)8-11(15)2/h3-8H,9H2,1-2H3,(H,19,20). The third-order valence-corrected chi connectivity index (χ3v) is 3.79. The fraction of sp³-hybridized carbons (Fsp3) is 0.188. The Bertz CT molecular complexity index is 673. The van der Waals surface area contributed by atoms with Crippen LogP contribution in [0.3, 0.4) is 0 Å². The molecule has 0 saturated carbocycles. The smallest absolute Gasteiger partial charge is 0.262 e. The third kappa shape index (κ3) is 4.48. The summed E-state index contributed by atoms with van der Waals surface area (Å²) < 4.78 is 6.35. The highest BCUT2D eigenvalue weighted by atomic mass is 79.9. The molecule has 0 aliphatic carbocycles. The summed E-state index contributed by atoms with van der Waals surface area (Å²) in [5.74, 6) is 0.437. The molecule has 21 heavy (non-hydrogen) atoms. The maximum absolute atomic E-state index is 11.9. The maximum Gasteiger partial charge on any atom is 0.262 e. The van der Waals surface area contributed by atoms with Gasteiger partial charge in [0, 0.05) is 9.50 Å². The molecule has 0 spiro atoms. The number of benzene rings is 2. The van der Waals surface area contributed by atoms with Crippen LogP contribution in [0.1, 0.15) is 11.1 Å². The summed E-state index contributed by atoms with van der Waals surface area (Å²) in [5, 5.41) is 3.45. The normalized spacial score (nSPS) is 10.3. The molecule has 2 aromatic rings. The Balaban J connectivity index is 1.96. The van der Waals surface area contributed by atoms with Gasteiger partial charge in [-0.15, -0.1) is 0 Å². The van der Waals surface area contributed by atoms with Gasteiger partial charge in [0.25, 0.3) is 5.91 Å². The Labute approximate surface area is 137 Å². The molecule has 1 amide bonds. The zero-order valence-corrected chi connectivity index (χ0v) is 14.1. The monoisotopic (exact) mass is 367 g/mol. The molecule has 5 heteroatoms. The van der Waals surface area contributed by atoms with Gasteiger partial charge in [-0.1, -0.05) is 17.7 Å². The lowest BCUT2D eigenvalue weighted by molar-refractivity contribution is -0.118. The molecule has 1 N–H and O–H groups in total. The van der Waals surface area contributed by atoms with E-state index in [2.05, 4.69) is 21.2 Å². The van der Waals surface area contributed by atoms with Crippen molar-refractivity contribution in [2.24, 2.45) is 0 Å². The first-order valence-electron chi connectivity index (χ1n) is 6.40. The molecule has 2 rings (SSSR count). The molecule has 3 nitrogen and oxygen atoms in total. The highest BCUT2D eigenvalue weighted by molar-refractivity contribution is 9.10. The Morgan fingerprint density at radius 1 is 1.24 bits per heavy atom. The van der Waals surface area contributed by atoms with Gasteiger partial charge in [-0.2, -0.15) is 0 Å². The van der Waals surface area contributed by atoms with Crippen molar-refractivity contribution in [1.29, 1.82) is 0 Å². The second kappa shape index (κ2) is 6.96. The van der Waals surface area contributed by atoms with Crippen molar-refractivity contribution in [3.8, 4) is 5.75 Å². The summed E-state index contributed by atoms with van der Waals surface area (Å²) in [7, 11) is 0. The van der Waals surface area contributed by atoms with E-state index in [4.69, 9.17) is 16.3 Å². The van der Waals surface area contributed by atoms with Crippen molar-refractivity contribution < 1.29 is 9.53 Å². The Morgan fingerprint density at radius 2 is 2.00 bits per heavy atom. The maximum atomic E-state index is 11.9. The van der Waals surface area contributed by atoms with Crippen LogP contribution in [-0.4, -0.2) is 12.5 Å². The molecule has 0 radical (unpaired) electrons. The first kappa shape index (κ1) is 15.9. The molecule has 0 bridgehead atoms. The van der Waals surface area contributed by atoms with Gasteiger partial charge in [0.2, 0.25) is 0 Å². The molecule has 0 aromatic heterocycles. The summed E-state index contributed by atoms with van der Waals surface area (Å²) in [4.78, 5) is 11.9. The van der Waals surface area contributed by atoms with Gasteiger partial charge in [0.05, 0.1) is 5.69 Å². The van der Waals surface area contributed by atoms with E-state index < -0.39 is 0 Å². The van der Waals surface area contributed by atoms with Crippen molar-refractivity contribution in [3.05, 3.63) is 57.0 Å². The van der Waals surface area contributed by atoms with Crippen LogP contribution >= 0.6 is 27.5 Å². The van der Waals surface area contributed by atoms with E-state index in [0.29, 0.717) is 10.8 Å². The van der Waals surface area contributed by atoms with Gasteiger partial charge in [0.1, 0.15) is 5.75 Å². The molecular weight excluding hydrogens is 354 g/mol. The van der Waals surface area contributed by atoms with Gasteiger partial charge >= 0.3 is 0 Å². The third-order valence-electron chi connectivity index (χ3n) is 2.89. The average Bonchev–Trinajstić information content (AvgIpc) is 2.41. The number of nitrogens with one attached hydrogen (secondary N) is 1. The van der Waals surface area contributed by atoms with E-state index in [-0.39, 0.29) is 12.5 Å². The number of aryl methyl sites for hydroxylation is 2. The average molecular weight is 369 g/mol. The molecule has 0 fully saturated rings. The predicted octanol–water partition coefficient (Wildman–Crippen LogP) is 4.74. The number of hydrogen-bond donors (Lipinski definition) is 1. The Morgan fingerprint density at radius 3 is 2.67 bits per heavy atom. The highest BCUT2D eigenvalue weighted by Crippen LogP contribution is 2.24. The second-order valence-corrected chi connectivity index (χ2v) is 6.02. The van der Waals surface area contributed by atoms with Gasteiger partial charge in [-0.05, 0) is 71.2 Å². The molecule has 110 valence electrons. The first-order valence-corrected chi connectivity index (χ1v) is 7.58. The van der Waals surface area contributed by atoms with E-state index in [0.717, 1.165) is 21.3 Å². The van der Waals surface area contributed by atoms with Crippen molar-refractivity contribution in [1.82, 2.24) is 0 Å². The Kier molecular flexibility index (Phi) is 5.26. The predicted molar refractivity (Wildman–Crippen MR) is 89.2 cm³/mol. The van der Waals surface area contributed by atoms with Crippen molar-refractivity contribution in [2.45, 2.75) is 13.8 Å². The number of halogens is 2. The minimum Gasteiger partial charge on any atom is -0.483 e. The molecule has 0 saturated heterocycles. The summed E-state index contributed by atoms with van der Waals surface area (Å²) in [6.45, 7) is 3.82. The number of rotatable bonds is 4. The zero-order chi connectivity index (χ0) is 15.4. The minimum absolute atomic E-state index is 0.0528. The van der Waals surface area contributed by atoms with Crippen molar-refractivity contribution in [3.63, 3.8) is 0 Å². The lowest BCUT2D eigenvalue weighted by Gasteiger charge is -2.11. The number of anilines is 1. The van der Waals surface area contributed by atoms with E-state index in [1.807, 2.05) is 32.0 Å². The summed E-state index contributed by atoms with van der Waals surface area (Å²) in [6, 6.07) is 11.0. The van der Waals surface area contributed by atoms with Gasteiger partial charge < -0.3 is 10.1 Å². The van der Waals surface area contributed by atoms with Crippen LogP contribution in [0.15, 0.2) is 40.9 Å². The number of carbonyl (C=O) groups excluding carboxylic acids is 1. The minimum atomic E-state index is -0.214. The molecule has 0 atom stereocenters. The van der Waals surface area contributed by atoms with Crippen LogP contribution in [0, 0.1) is 13.8 Å². The number of hydrogen-bond acceptors (Lipinski definition) is 2. The lowest BCUT2D eigenvalue weighted by atomic mass is 10.2. The molecule has 2 aromatic carbocycles. The summed E-state index contributed by atoms with van der Waals surface area (Å²) >= 11 is 9.30. The fourth-order valence-corrected chi connectivity index (χ4v) is 2.64. The number of carbonyl (C=O) groups is 1. The number of amides is 1. The van der Waals surface area contributed by atoms with Crippen molar-refractivity contribution >= 4 is 39.1 Å². The van der Waals surface area contributed by atoms with Crippen LogP contribution in [0.25, 0.3) is 0 Å². The van der Waals surface area contributed by atoms with Crippen molar-refractivity contribution in [2.75, 3.05) is 11.9 Å². The van der Waals surface area contributed by atoms with E-state index in [1.165, 1.54) is 0 Å². The van der Waals surface area contributed by atoms with Crippen LogP contribution in [-0.2, 0) is 4.79 Å². The quantitative estimate of drug-likeness (QED) is 0.846. The summed E-state index contributed by atoms with van der Waals surface area (Å²) in [5.41, 5.74) is 2.74. The van der Waals surface area contributed by atoms with E-state index in [9.17, 15) is 4.79 Å². The largest absolute Gasteiger partial charge is 0.483 e. The van der Waals surface area contributed by atoms with Crippen LogP contribution in [0.5, 0.6) is 5.75 Å². The zero-order valence-electron chi connectivity index (χ0n) is 11.7. The lowest BCUT2D eigenvalue weighted by Crippen LogP contribution is -2.20. The summed E-state index contributed by atoms with van der Waals surface area (Å²) in [6.07, 6.45) is 0. The Hall–Kier alpha value is -1.52. The van der Waals surface area contributed by atoms with E-state index in [1.54, 1.807) is 18.2 Å². The van der Waals surface area contributed by atoms with E-state index >= 15 is 0 Å². The topological polar surface area (TPSA) is 38.3 Å². The molecular formula is C16H15BrClNO2. The van der Waals surface area contributed by atoms with Gasteiger partial charge in [-0.25, -0.2) is 0 Å². The fourth-order valence-electron chi connectivity index (χ4n) is 1.83. The van der Waals surface area contributed by atoms with Gasteiger partial charge in [-0.3, -0.25) is 4.79 Å². The molecule has 0 heterocycles. The van der Waals surface area contributed by atoms with Crippen LogP contribution in [0.4, 0.5) is 5.69 Å². The molecule has 0 aliphatic heterocycles. The second-order valence-electron chi connectivity index (χ2n) is 4.73. The first-order chi connectivity index (χ1) is 9.95. The number of ether oxygens (including phenoxy) is 1. The van der Waals surface area contributed by atoms with Gasteiger partial charge in [0.15, 0.2) is 6.61 Å². The SMILES string of the molecule is Cc1ccc(NC(=O)COc2ccc(Cl)cc2C)c(Br)c1. The highest BCUT2D eigenvalue weighted by Gasteiger charge is 2.08. The van der Waals surface area contributed by atoms with Crippen LogP contribution in [0.2, 0.25) is 5.02 Å².